The van der Waals surface area contributed by atoms with Crippen molar-refractivity contribution < 1.29 is 9.90 Å². The second-order valence-corrected chi connectivity index (χ2v) is 6.44. The number of anilines is 1. The van der Waals surface area contributed by atoms with Gasteiger partial charge in [-0.3, -0.25) is 0 Å². The van der Waals surface area contributed by atoms with Gasteiger partial charge in [0.1, 0.15) is 0 Å². The number of aromatic nitrogens is 1. The Labute approximate surface area is 136 Å². The molecule has 124 valence electrons. The summed E-state index contributed by atoms with van der Waals surface area (Å²) < 4.78 is 2.16. The molecular formula is C18H25N3O2. The zero-order valence-electron chi connectivity index (χ0n) is 13.8. The molecule has 0 aliphatic heterocycles. The van der Waals surface area contributed by atoms with Crippen LogP contribution in [-0.2, 0) is 6.54 Å². The van der Waals surface area contributed by atoms with Crippen LogP contribution in [0.5, 0.6) is 0 Å². The molecule has 3 rings (SSSR count). The Balaban J connectivity index is 1.67. The lowest BCUT2D eigenvalue weighted by atomic mass is 10.1. The SMILES string of the molecule is CCn1ccc2ccc(NC(=O)N(C)CC3CCCC3O)cc21. The van der Waals surface area contributed by atoms with Gasteiger partial charge in [-0.25, -0.2) is 4.79 Å². The highest BCUT2D eigenvalue weighted by molar-refractivity contribution is 5.92. The molecule has 1 aliphatic carbocycles. The number of urea groups is 1. The Kier molecular flexibility index (Phi) is 4.57. The second kappa shape index (κ2) is 6.62. The highest BCUT2D eigenvalue weighted by Gasteiger charge is 2.27. The zero-order chi connectivity index (χ0) is 16.4. The molecule has 2 unspecified atom stereocenters. The predicted molar refractivity (Wildman–Crippen MR) is 92.6 cm³/mol. The minimum atomic E-state index is -0.269. The van der Waals surface area contributed by atoms with Gasteiger partial charge in [0, 0.05) is 37.9 Å². The molecule has 23 heavy (non-hydrogen) atoms. The maximum absolute atomic E-state index is 12.4. The largest absolute Gasteiger partial charge is 0.393 e. The van der Waals surface area contributed by atoms with Crippen LogP contribution < -0.4 is 5.32 Å². The van der Waals surface area contributed by atoms with Crippen molar-refractivity contribution in [3.63, 3.8) is 0 Å². The number of carbonyl (C=O) groups excluding carboxylic acids is 1. The number of aliphatic hydroxyl groups is 1. The van der Waals surface area contributed by atoms with E-state index in [2.05, 4.69) is 29.1 Å². The van der Waals surface area contributed by atoms with Crippen LogP contribution in [0.3, 0.4) is 0 Å². The summed E-state index contributed by atoms with van der Waals surface area (Å²) in [6.07, 6.45) is 4.68. The van der Waals surface area contributed by atoms with Crippen molar-refractivity contribution in [2.45, 2.75) is 38.8 Å². The number of hydrogen-bond acceptors (Lipinski definition) is 2. The standard InChI is InChI=1S/C18H25N3O2/c1-3-21-10-9-13-7-8-15(11-16(13)21)19-18(23)20(2)12-14-5-4-6-17(14)22/h7-11,14,17,22H,3-6,12H2,1-2H3,(H,19,23). The van der Waals surface area contributed by atoms with Gasteiger partial charge < -0.3 is 19.9 Å². The van der Waals surface area contributed by atoms with Gasteiger partial charge in [0.15, 0.2) is 0 Å². The number of hydrogen-bond donors (Lipinski definition) is 2. The van der Waals surface area contributed by atoms with Crippen LogP contribution in [0, 0.1) is 5.92 Å². The summed E-state index contributed by atoms with van der Waals surface area (Å²) in [5, 5.41) is 14.0. The molecule has 1 fully saturated rings. The van der Waals surface area contributed by atoms with Crippen molar-refractivity contribution in [2.75, 3.05) is 18.9 Å². The number of rotatable bonds is 4. The molecule has 0 bridgehead atoms. The van der Waals surface area contributed by atoms with Crippen molar-refractivity contribution in [1.82, 2.24) is 9.47 Å². The molecule has 5 heteroatoms. The molecule has 1 aromatic heterocycles. The number of amides is 2. The molecule has 1 aromatic carbocycles. The molecule has 2 aromatic rings. The zero-order valence-corrected chi connectivity index (χ0v) is 13.8. The van der Waals surface area contributed by atoms with E-state index < -0.39 is 0 Å². The van der Waals surface area contributed by atoms with Crippen molar-refractivity contribution >= 4 is 22.6 Å². The van der Waals surface area contributed by atoms with Gasteiger partial charge in [0.25, 0.3) is 0 Å². The summed E-state index contributed by atoms with van der Waals surface area (Å²) >= 11 is 0. The van der Waals surface area contributed by atoms with Gasteiger partial charge in [0.2, 0.25) is 0 Å². The Morgan fingerprint density at radius 2 is 2.22 bits per heavy atom. The van der Waals surface area contributed by atoms with Crippen molar-refractivity contribution in [3.05, 3.63) is 30.5 Å². The van der Waals surface area contributed by atoms with Crippen LogP contribution in [-0.4, -0.2) is 40.3 Å². The number of fused-ring (bicyclic) bond motifs is 1. The Morgan fingerprint density at radius 1 is 1.39 bits per heavy atom. The van der Waals surface area contributed by atoms with Crippen molar-refractivity contribution in [3.8, 4) is 0 Å². The van der Waals surface area contributed by atoms with Gasteiger partial charge >= 0.3 is 6.03 Å². The molecule has 0 radical (unpaired) electrons. The Bertz CT molecular complexity index is 695. The molecule has 2 atom stereocenters. The third kappa shape index (κ3) is 3.34. The molecule has 0 saturated heterocycles. The maximum Gasteiger partial charge on any atom is 0.321 e. The third-order valence-corrected chi connectivity index (χ3v) is 4.84. The van der Waals surface area contributed by atoms with E-state index in [0.29, 0.717) is 6.54 Å². The third-order valence-electron chi connectivity index (χ3n) is 4.84. The Morgan fingerprint density at radius 3 is 2.91 bits per heavy atom. The first-order valence-electron chi connectivity index (χ1n) is 8.37. The smallest absolute Gasteiger partial charge is 0.321 e. The molecular weight excluding hydrogens is 290 g/mol. The molecule has 0 spiro atoms. The lowest BCUT2D eigenvalue weighted by molar-refractivity contribution is 0.116. The highest BCUT2D eigenvalue weighted by Crippen LogP contribution is 2.26. The van der Waals surface area contributed by atoms with E-state index in [9.17, 15) is 9.90 Å². The predicted octanol–water partition coefficient (Wildman–Crippen LogP) is 3.29. The summed E-state index contributed by atoms with van der Waals surface area (Å²) in [6.45, 7) is 3.60. The summed E-state index contributed by atoms with van der Waals surface area (Å²) in [5.74, 6) is 0.200. The fraction of sp³-hybridized carbons (Fsp3) is 0.500. The van der Waals surface area contributed by atoms with Crippen LogP contribution >= 0.6 is 0 Å². The monoisotopic (exact) mass is 315 g/mol. The first kappa shape index (κ1) is 15.9. The average molecular weight is 315 g/mol. The molecule has 2 N–H and O–H groups in total. The van der Waals surface area contributed by atoms with Gasteiger partial charge in [-0.1, -0.05) is 12.5 Å². The first-order chi connectivity index (χ1) is 11.1. The number of nitrogens with zero attached hydrogens (tertiary/aromatic N) is 2. The van der Waals surface area contributed by atoms with Crippen LogP contribution in [0.25, 0.3) is 10.9 Å². The van der Waals surface area contributed by atoms with Gasteiger partial charge in [-0.15, -0.1) is 0 Å². The molecule has 1 aliphatic rings. The molecule has 1 heterocycles. The summed E-state index contributed by atoms with van der Waals surface area (Å²) in [7, 11) is 1.79. The topological polar surface area (TPSA) is 57.5 Å². The van der Waals surface area contributed by atoms with Crippen molar-refractivity contribution in [1.29, 1.82) is 0 Å². The number of aryl methyl sites for hydroxylation is 1. The van der Waals surface area contributed by atoms with E-state index >= 15 is 0 Å². The van der Waals surface area contributed by atoms with E-state index in [-0.39, 0.29) is 18.1 Å². The van der Waals surface area contributed by atoms with Crippen LogP contribution in [0.15, 0.2) is 30.5 Å². The maximum atomic E-state index is 12.4. The molecule has 1 saturated carbocycles. The quantitative estimate of drug-likeness (QED) is 0.909. The first-order valence-corrected chi connectivity index (χ1v) is 8.37. The summed E-state index contributed by atoms with van der Waals surface area (Å²) in [4.78, 5) is 14.0. The lowest BCUT2D eigenvalue weighted by Crippen LogP contribution is -2.37. The van der Waals surface area contributed by atoms with Gasteiger partial charge in [-0.2, -0.15) is 0 Å². The van der Waals surface area contributed by atoms with E-state index in [4.69, 9.17) is 0 Å². The lowest BCUT2D eigenvalue weighted by Gasteiger charge is -2.23. The minimum Gasteiger partial charge on any atom is -0.393 e. The summed E-state index contributed by atoms with van der Waals surface area (Å²) in [5.41, 5.74) is 1.92. The van der Waals surface area contributed by atoms with E-state index in [1.54, 1.807) is 11.9 Å². The normalized spacial score (nSPS) is 20.8. The minimum absolute atomic E-state index is 0.127. The number of benzene rings is 1. The summed E-state index contributed by atoms with van der Waals surface area (Å²) in [6, 6.07) is 7.92. The average Bonchev–Trinajstić information content (AvgIpc) is 3.13. The number of nitrogens with one attached hydrogen (secondary N) is 1. The molecule has 2 amide bonds. The van der Waals surface area contributed by atoms with E-state index in [0.717, 1.165) is 37.0 Å². The van der Waals surface area contributed by atoms with Crippen molar-refractivity contribution in [2.24, 2.45) is 5.92 Å². The van der Waals surface area contributed by atoms with Gasteiger partial charge in [-0.05, 0) is 43.4 Å². The van der Waals surface area contributed by atoms with Crippen LogP contribution in [0.2, 0.25) is 0 Å². The fourth-order valence-corrected chi connectivity index (χ4v) is 3.42. The van der Waals surface area contributed by atoms with Crippen LogP contribution in [0.4, 0.5) is 10.5 Å². The Hall–Kier alpha value is -2.01. The van der Waals surface area contributed by atoms with E-state index in [1.165, 1.54) is 5.39 Å². The van der Waals surface area contributed by atoms with Crippen LogP contribution in [0.1, 0.15) is 26.2 Å². The number of aliphatic hydroxyl groups excluding tert-OH is 1. The molecule has 5 nitrogen and oxygen atoms in total. The highest BCUT2D eigenvalue weighted by atomic mass is 16.3. The van der Waals surface area contributed by atoms with Gasteiger partial charge in [0.05, 0.1) is 11.6 Å². The number of carbonyl (C=O) groups is 1. The van der Waals surface area contributed by atoms with E-state index in [1.807, 2.05) is 18.2 Å². The fourth-order valence-electron chi connectivity index (χ4n) is 3.42. The second-order valence-electron chi connectivity index (χ2n) is 6.44.